The van der Waals surface area contributed by atoms with Crippen LogP contribution < -0.4 is 15.3 Å². The molecule has 0 fully saturated rings. The Balaban J connectivity index is 1.97. The van der Waals surface area contributed by atoms with Crippen molar-refractivity contribution in [3.63, 3.8) is 0 Å². The first kappa shape index (κ1) is 20.9. The Labute approximate surface area is 172 Å². The van der Waals surface area contributed by atoms with Crippen molar-refractivity contribution in [3.8, 4) is 0 Å². The second kappa shape index (κ2) is 9.60. The predicted molar refractivity (Wildman–Crippen MR) is 124 cm³/mol. The molecule has 146 valence electrons. The van der Waals surface area contributed by atoms with Gasteiger partial charge in [0.1, 0.15) is 0 Å². The summed E-state index contributed by atoms with van der Waals surface area (Å²) in [5.74, 6) is 0. The minimum atomic E-state index is -1.14. The molecular weight excluding hydrogens is 381 g/mol. The van der Waals surface area contributed by atoms with Gasteiger partial charge in [-0.25, -0.2) is 8.93 Å². The lowest BCUT2D eigenvalue weighted by Crippen LogP contribution is -2.37. The van der Waals surface area contributed by atoms with Crippen molar-refractivity contribution in [2.75, 3.05) is 6.16 Å². The van der Waals surface area contributed by atoms with Crippen molar-refractivity contribution in [1.82, 2.24) is 4.72 Å². The summed E-state index contributed by atoms with van der Waals surface area (Å²) in [5, 5.41) is 2.68. The molecule has 3 rings (SSSR count). The summed E-state index contributed by atoms with van der Waals surface area (Å²) in [6.07, 6.45) is 0.898. The molecule has 3 aromatic carbocycles. The van der Waals surface area contributed by atoms with Gasteiger partial charge in [0.2, 0.25) is 0 Å². The van der Waals surface area contributed by atoms with Crippen molar-refractivity contribution in [1.29, 1.82) is 0 Å². The van der Waals surface area contributed by atoms with Crippen LogP contribution in [-0.2, 0) is 11.0 Å². The van der Waals surface area contributed by atoms with Crippen LogP contribution in [0.2, 0.25) is 0 Å². The largest absolute Gasteiger partial charge is 0.242 e. The van der Waals surface area contributed by atoms with Crippen LogP contribution in [0.1, 0.15) is 32.4 Å². The molecule has 0 saturated heterocycles. The normalized spacial score (nSPS) is 14.0. The fourth-order valence-corrected chi connectivity index (χ4v) is 6.37. The van der Waals surface area contributed by atoms with Gasteiger partial charge in [-0.3, -0.25) is 0 Å². The maximum Gasteiger partial charge on any atom is 0.0976 e. The number of benzene rings is 3. The first-order valence-electron chi connectivity index (χ1n) is 9.56. The van der Waals surface area contributed by atoms with Crippen LogP contribution in [0, 0.1) is 0 Å². The summed E-state index contributed by atoms with van der Waals surface area (Å²) >= 11 is 0. The number of nitrogens with one attached hydrogen (secondary N) is 1. The van der Waals surface area contributed by atoms with Crippen LogP contribution in [0.4, 0.5) is 0 Å². The Hall–Kier alpha value is -1.80. The third kappa shape index (κ3) is 5.61. The first-order chi connectivity index (χ1) is 13.4. The summed E-state index contributed by atoms with van der Waals surface area (Å²) in [6.45, 7) is 6.03. The molecule has 2 nitrogen and oxygen atoms in total. The van der Waals surface area contributed by atoms with E-state index in [9.17, 15) is 4.21 Å². The molecule has 28 heavy (non-hydrogen) atoms. The summed E-state index contributed by atoms with van der Waals surface area (Å²) in [4.78, 5) is 0. The van der Waals surface area contributed by atoms with Gasteiger partial charge >= 0.3 is 0 Å². The zero-order valence-electron chi connectivity index (χ0n) is 16.7. The number of hydrogen-bond donors (Lipinski definition) is 1. The quantitative estimate of drug-likeness (QED) is 0.552. The average Bonchev–Trinajstić information content (AvgIpc) is 2.72. The molecule has 0 spiro atoms. The molecule has 0 aromatic heterocycles. The van der Waals surface area contributed by atoms with E-state index in [0.717, 1.165) is 6.16 Å². The van der Waals surface area contributed by atoms with E-state index in [1.807, 2.05) is 26.8 Å². The molecular formula is C24H28NOPS. The zero-order chi connectivity index (χ0) is 20.0. The van der Waals surface area contributed by atoms with Gasteiger partial charge in [0.15, 0.2) is 0 Å². The topological polar surface area (TPSA) is 29.1 Å². The highest BCUT2D eigenvalue weighted by Gasteiger charge is 2.26. The molecule has 1 N–H and O–H groups in total. The van der Waals surface area contributed by atoms with E-state index in [1.54, 1.807) is 0 Å². The summed E-state index contributed by atoms with van der Waals surface area (Å²) in [6, 6.07) is 31.8. The van der Waals surface area contributed by atoms with Crippen LogP contribution in [-0.4, -0.2) is 15.1 Å². The second-order valence-corrected chi connectivity index (χ2v) is 12.0. The fraction of sp³-hybridized carbons (Fsp3) is 0.250. The predicted octanol–water partition coefficient (Wildman–Crippen LogP) is 4.91. The molecule has 0 saturated carbocycles. The van der Waals surface area contributed by atoms with Gasteiger partial charge in [-0.05, 0) is 51.0 Å². The maximum absolute atomic E-state index is 12.9. The Kier molecular flexibility index (Phi) is 7.18. The number of rotatable bonds is 7. The van der Waals surface area contributed by atoms with E-state index in [2.05, 4.69) is 89.7 Å². The average molecular weight is 410 g/mol. The summed E-state index contributed by atoms with van der Waals surface area (Å²) in [7, 11) is -1.71. The molecule has 0 amide bonds. The van der Waals surface area contributed by atoms with Crippen LogP contribution >= 0.6 is 7.92 Å². The second-order valence-electron chi connectivity index (χ2n) is 7.74. The monoisotopic (exact) mass is 409 g/mol. The van der Waals surface area contributed by atoms with E-state index < -0.39 is 18.9 Å². The molecule has 0 heterocycles. The van der Waals surface area contributed by atoms with Crippen LogP contribution in [0.5, 0.6) is 0 Å². The standard InChI is InChI=1S/C24H28NOPS/c1-24(2,3)28(26)25-23(20-13-7-4-8-14-20)19-27(21-15-9-5-10-16-21)22-17-11-6-12-18-22/h4-18,23,25H,19H2,1-3H3/t23-,28+/m1/s1. The molecule has 0 unspecified atom stereocenters. The van der Waals surface area contributed by atoms with E-state index in [-0.39, 0.29) is 10.8 Å². The molecule has 0 aliphatic carbocycles. The lowest BCUT2D eigenvalue weighted by molar-refractivity contribution is 0.618. The highest BCUT2D eigenvalue weighted by molar-refractivity contribution is 7.84. The Morgan fingerprint density at radius 3 is 1.64 bits per heavy atom. The van der Waals surface area contributed by atoms with Gasteiger partial charge in [-0.15, -0.1) is 0 Å². The minimum absolute atomic E-state index is 0.0211. The Bertz CT molecular complexity index is 839. The third-order valence-electron chi connectivity index (χ3n) is 4.51. The SMILES string of the molecule is CC(C)(C)[S@](=O)N[C@H](CP(c1ccccc1)c1ccccc1)c1ccccc1. The number of hydrogen-bond acceptors (Lipinski definition) is 1. The fourth-order valence-electron chi connectivity index (χ4n) is 2.96. The molecule has 4 heteroatoms. The summed E-state index contributed by atoms with van der Waals surface area (Å²) < 4.78 is 16.0. The van der Waals surface area contributed by atoms with E-state index in [0.29, 0.717) is 0 Å². The van der Waals surface area contributed by atoms with Crippen LogP contribution in [0.15, 0.2) is 91.0 Å². The minimum Gasteiger partial charge on any atom is -0.242 e. The maximum atomic E-state index is 12.9. The van der Waals surface area contributed by atoms with Crippen molar-refractivity contribution in [2.24, 2.45) is 0 Å². The third-order valence-corrected chi connectivity index (χ3v) is 8.69. The van der Waals surface area contributed by atoms with Crippen molar-refractivity contribution in [2.45, 2.75) is 31.6 Å². The summed E-state index contributed by atoms with van der Waals surface area (Å²) in [5.41, 5.74) is 1.18. The van der Waals surface area contributed by atoms with Gasteiger partial charge in [0, 0.05) is 6.04 Å². The molecule has 0 aliphatic heterocycles. The van der Waals surface area contributed by atoms with Crippen molar-refractivity contribution >= 4 is 29.5 Å². The highest BCUT2D eigenvalue weighted by Crippen LogP contribution is 2.38. The Morgan fingerprint density at radius 1 is 0.786 bits per heavy atom. The highest BCUT2D eigenvalue weighted by atomic mass is 32.2. The van der Waals surface area contributed by atoms with Gasteiger partial charge in [0.25, 0.3) is 0 Å². The molecule has 0 radical (unpaired) electrons. The van der Waals surface area contributed by atoms with Crippen molar-refractivity contribution in [3.05, 3.63) is 96.6 Å². The molecule has 2 atom stereocenters. The zero-order valence-corrected chi connectivity index (χ0v) is 18.4. The van der Waals surface area contributed by atoms with Gasteiger partial charge in [-0.2, -0.15) is 0 Å². The lowest BCUT2D eigenvalue weighted by atomic mass is 10.1. The van der Waals surface area contributed by atoms with Gasteiger partial charge < -0.3 is 0 Å². The smallest absolute Gasteiger partial charge is 0.0976 e. The van der Waals surface area contributed by atoms with E-state index in [1.165, 1.54) is 16.2 Å². The lowest BCUT2D eigenvalue weighted by Gasteiger charge is -2.28. The van der Waals surface area contributed by atoms with Crippen molar-refractivity contribution < 1.29 is 4.21 Å². The first-order valence-corrected chi connectivity index (χ1v) is 12.2. The molecule has 3 aromatic rings. The molecule has 0 bridgehead atoms. The van der Waals surface area contributed by atoms with Crippen LogP contribution in [0.25, 0.3) is 0 Å². The van der Waals surface area contributed by atoms with E-state index in [4.69, 9.17) is 0 Å². The van der Waals surface area contributed by atoms with Gasteiger partial charge in [0.05, 0.1) is 15.7 Å². The van der Waals surface area contributed by atoms with E-state index >= 15 is 0 Å². The molecule has 0 aliphatic rings. The van der Waals surface area contributed by atoms with Crippen LogP contribution in [0.3, 0.4) is 0 Å². The van der Waals surface area contributed by atoms with Gasteiger partial charge in [-0.1, -0.05) is 91.0 Å². The Morgan fingerprint density at radius 2 is 1.21 bits per heavy atom.